The lowest BCUT2D eigenvalue weighted by atomic mass is 9.91. The molecule has 0 atom stereocenters. The van der Waals surface area contributed by atoms with Crippen molar-refractivity contribution >= 4 is 5.91 Å². The molecule has 2 N–H and O–H groups in total. The van der Waals surface area contributed by atoms with Crippen LogP contribution in [0.3, 0.4) is 0 Å². The van der Waals surface area contributed by atoms with E-state index in [1.807, 2.05) is 11.8 Å². The SMILES string of the molecule is CCOCC(=O)N(CCN)C1CCC1. The third kappa shape index (κ3) is 2.96. The second-order valence-corrected chi connectivity index (χ2v) is 3.60. The van der Waals surface area contributed by atoms with Crippen molar-refractivity contribution in [2.75, 3.05) is 26.3 Å². The van der Waals surface area contributed by atoms with Gasteiger partial charge in [0.2, 0.25) is 5.91 Å². The Bertz CT molecular complexity index is 181. The van der Waals surface area contributed by atoms with Crippen LogP contribution in [0.2, 0.25) is 0 Å². The molecule has 0 heterocycles. The molecule has 4 nitrogen and oxygen atoms in total. The molecule has 1 amide bonds. The topological polar surface area (TPSA) is 55.6 Å². The molecule has 1 fully saturated rings. The Kier molecular flexibility index (Phi) is 4.90. The van der Waals surface area contributed by atoms with Gasteiger partial charge in [-0.1, -0.05) is 0 Å². The van der Waals surface area contributed by atoms with Crippen molar-refractivity contribution in [3.63, 3.8) is 0 Å². The average molecular weight is 200 g/mol. The van der Waals surface area contributed by atoms with E-state index in [9.17, 15) is 4.79 Å². The summed E-state index contributed by atoms with van der Waals surface area (Å²) in [5.74, 6) is 0.0852. The number of hydrogen-bond donors (Lipinski definition) is 1. The predicted molar refractivity (Wildman–Crippen MR) is 54.9 cm³/mol. The van der Waals surface area contributed by atoms with Crippen LogP contribution in [0, 0.1) is 0 Å². The molecule has 1 rings (SSSR count). The molecule has 1 aliphatic rings. The third-order valence-electron chi connectivity index (χ3n) is 2.64. The lowest BCUT2D eigenvalue weighted by Crippen LogP contribution is -2.47. The van der Waals surface area contributed by atoms with Crippen molar-refractivity contribution < 1.29 is 9.53 Å². The summed E-state index contributed by atoms with van der Waals surface area (Å²) in [4.78, 5) is 13.5. The molecular weight excluding hydrogens is 180 g/mol. The molecule has 1 aliphatic carbocycles. The van der Waals surface area contributed by atoms with Crippen molar-refractivity contribution in [3.05, 3.63) is 0 Å². The standard InChI is InChI=1S/C10H20N2O2/c1-2-14-8-10(13)12(7-6-11)9-4-3-5-9/h9H,2-8,11H2,1H3. The summed E-state index contributed by atoms with van der Waals surface area (Å²) in [6, 6.07) is 0.423. The van der Waals surface area contributed by atoms with E-state index in [0.717, 1.165) is 12.8 Å². The molecule has 0 aliphatic heterocycles. The summed E-state index contributed by atoms with van der Waals surface area (Å²) in [6.45, 7) is 3.88. The molecule has 0 aromatic carbocycles. The first kappa shape index (κ1) is 11.5. The van der Waals surface area contributed by atoms with E-state index in [1.165, 1.54) is 6.42 Å². The van der Waals surface area contributed by atoms with Gasteiger partial charge in [0.25, 0.3) is 0 Å². The van der Waals surface area contributed by atoms with E-state index in [-0.39, 0.29) is 12.5 Å². The van der Waals surface area contributed by atoms with Gasteiger partial charge in [-0.05, 0) is 26.2 Å². The quantitative estimate of drug-likeness (QED) is 0.673. The fraction of sp³-hybridized carbons (Fsp3) is 0.900. The minimum atomic E-state index is 0.0852. The van der Waals surface area contributed by atoms with Gasteiger partial charge in [-0.3, -0.25) is 4.79 Å². The highest BCUT2D eigenvalue weighted by Crippen LogP contribution is 2.24. The summed E-state index contributed by atoms with van der Waals surface area (Å²) >= 11 is 0. The number of carbonyl (C=O) groups is 1. The second-order valence-electron chi connectivity index (χ2n) is 3.60. The van der Waals surface area contributed by atoms with Crippen molar-refractivity contribution in [3.8, 4) is 0 Å². The van der Waals surface area contributed by atoms with E-state index < -0.39 is 0 Å². The highest BCUT2D eigenvalue weighted by atomic mass is 16.5. The lowest BCUT2D eigenvalue weighted by Gasteiger charge is -2.37. The van der Waals surface area contributed by atoms with Crippen molar-refractivity contribution in [2.45, 2.75) is 32.2 Å². The monoisotopic (exact) mass is 200 g/mol. The number of nitrogens with zero attached hydrogens (tertiary/aromatic N) is 1. The average Bonchev–Trinajstić information content (AvgIpc) is 2.10. The largest absolute Gasteiger partial charge is 0.372 e. The summed E-state index contributed by atoms with van der Waals surface area (Å²) in [6.07, 6.45) is 3.48. The van der Waals surface area contributed by atoms with E-state index in [4.69, 9.17) is 10.5 Å². The smallest absolute Gasteiger partial charge is 0.248 e. The fourth-order valence-corrected chi connectivity index (χ4v) is 1.62. The van der Waals surface area contributed by atoms with Crippen LogP contribution < -0.4 is 5.73 Å². The van der Waals surface area contributed by atoms with Crippen LogP contribution in [0.25, 0.3) is 0 Å². The van der Waals surface area contributed by atoms with Gasteiger partial charge < -0.3 is 15.4 Å². The zero-order valence-corrected chi connectivity index (χ0v) is 8.87. The Balaban J connectivity index is 2.35. The maximum atomic E-state index is 11.7. The van der Waals surface area contributed by atoms with Crippen LogP contribution in [0.15, 0.2) is 0 Å². The molecule has 14 heavy (non-hydrogen) atoms. The van der Waals surface area contributed by atoms with Crippen LogP contribution in [-0.4, -0.2) is 43.2 Å². The van der Waals surface area contributed by atoms with Gasteiger partial charge in [-0.25, -0.2) is 0 Å². The van der Waals surface area contributed by atoms with Gasteiger partial charge in [-0.15, -0.1) is 0 Å². The molecule has 0 unspecified atom stereocenters. The maximum Gasteiger partial charge on any atom is 0.248 e. The van der Waals surface area contributed by atoms with E-state index in [1.54, 1.807) is 0 Å². The normalized spacial score (nSPS) is 16.4. The minimum absolute atomic E-state index is 0.0852. The molecule has 0 radical (unpaired) electrons. The molecule has 4 heteroatoms. The summed E-state index contributed by atoms with van der Waals surface area (Å²) in [7, 11) is 0. The first-order valence-electron chi connectivity index (χ1n) is 5.36. The molecular formula is C10H20N2O2. The number of hydrogen-bond acceptors (Lipinski definition) is 3. The summed E-state index contributed by atoms with van der Waals surface area (Å²) in [5.41, 5.74) is 5.48. The Hall–Kier alpha value is -0.610. The van der Waals surface area contributed by atoms with E-state index in [0.29, 0.717) is 25.7 Å². The maximum absolute atomic E-state index is 11.7. The Morgan fingerprint density at radius 3 is 2.71 bits per heavy atom. The van der Waals surface area contributed by atoms with Gasteiger partial charge in [0.1, 0.15) is 6.61 Å². The van der Waals surface area contributed by atoms with Crippen LogP contribution >= 0.6 is 0 Å². The molecule has 0 saturated heterocycles. The molecule has 0 bridgehead atoms. The Morgan fingerprint density at radius 1 is 1.57 bits per heavy atom. The molecule has 82 valence electrons. The predicted octanol–water partition coefficient (Wildman–Crippen LogP) is 0.363. The molecule has 0 spiro atoms. The number of ether oxygens (including phenoxy) is 1. The summed E-state index contributed by atoms with van der Waals surface area (Å²) in [5, 5.41) is 0. The van der Waals surface area contributed by atoms with Crippen molar-refractivity contribution in [1.82, 2.24) is 4.90 Å². The number of rotatable bonds is 6. The van der Waals surface area contributed by atoms with E-state index in [2.05, 4.69) is 0 Å². The van der Waals surface area contributed by atoms with Crippen LogP contribution in [-0.2, 0) is 9.53 Å². The first-order chi connectivity index (χ1) is 6.79. The van der Waals surface area contributed by atoms with Gasteiger partial charge in [-0.2, -0.15) is 0 Å². The molecule has 0 aromatic rings. The first-order valence-corrected chi connectivity index (χ1v) is 5.36. The fourth-order valence-electron chi connectivity index (χ4n) is 1.62. The lowest BCUT2D eigenvalue weighted by molar-refractivity contribution is -0.139. The van der Waals surface area contributed by atoms with Crippen LogP contribution in [0.4, 0.5) is 0 Å². The zero-order valence-electron chi connectivity index (χ0n) is 8.87. The molecule has 0 aromatic heterocycles. The Labute approximate surface area is 85.4 Å². The van der Waals surface area contributed by atoms with E-state index >= 15 is 0 Å². The highest BCUT2D eigenvalue weighted by molar-refractivity contribution is 5.77. The molecule has 1 saturated carbocycles. The van der Waals surface area contributed by atoms with Crippen LogP contribution in [0.5, 0.6) is 0 Å². The Morgan fingerprint density at radius 2 is 2.29 bits per heavy atom. The second kappa shape index (κ2) is 5.98. The van der Waals surface area contributed by atoms with Gasteiger partial charge in [0.05, 0.1) is 0 Å². The zero-order chi connectivity index (χ0) is 10.4. The third-order valence-corrected chi connectivity index (χ3v) is 2.64. The highest BCUT2D eigenvalue weighted by Gasteiger charge is 2.27. The number of amides is 1. The van der Waals surface area contributed by atoms with Crippen molar-refractivity contribution in [2.24, 2.45) is 5.73 Å². The number of nitrogens with two attached hydrogens (primary N) is 1. The summed E-state index contributed by atoms with van der Waals surface area (Å²) < 4.78 is 5.11. The van der Waals surface area contributed by atoms with Crippen LogP contribution in [0.1, 0.15) is 26.2 Å². The van der Waals surface area contributed by atoms with Crippen molar-refractivity contribution in [1.29, 1.82) is 0 Å². The minimum Gasteiger partial charge on any atom is -0.372 e. The van der Waals surface area contributed by atoms with Gasteiger partial charge >= 0.3 is 0 Å². The van der Waals surface area contributed by atoms with Gasteiger partial charge in [0, 0.05) is 25.7 Å². The number of carbonyl (C=O) groups excluding carboxylic acids is 1. The van der Waals surface area contributed by atoms with Gasteiger partial charge in [0.15, 0.2) is 0 Å².